The lowest BCUT2D eigenvalue weighted by Gasteiger charge is -2.21. The number of para-hydroxylation sites is 2. The van der Waals surface area contributed by atoms with Gasteiger partial charge in [-0.3, -0.25) is 14.7 Å². The van der Waals surface area contributed by atoms with Crippen LogP contribution >= 0.6 is 22.9 Å². The van der Waals surface area contributed by atoms with E-state index in [-0.39, 0.29) is 5.91 Å². The number of aryl methyl sites for hydroxylation is 1. The van der Waals surface area contributed by atoms with Crippen LogP contribution in [0.3, 0.4) is 0 Å². The largest absolute Gasteiger partial charge is 0.308 e. The number of fused-ring (bicyclic) bond motifs is 2. The van der Waals surface area contributed by atoms with Crippen LogP contribution in [0.1, 0.15) is 16.1 Å². The van der Waals surface area contributed by atoms with Crippen LogP contribution in [-0.4, -0.2) is 52.9 Å². The van der Waals surface area contributed by atoms with Crippen molar-refractivity contribution >= 4 is 55.2 Å². The van der Waals surface area contributed by atoms with Crippen LogP contribution in [0.15, 0.2) is 42.6 Å². The Kier molecular flexibility index (Phi) is 5.45. The zero-order chi connectivity index (χ0) is 20.5. The number of hydrogen-bond acceptors (Lipinski definition) is 6. The fourth-order valence-corrected chi connectivity index (χ4v) is 4.49. The van der Waals surface area contributed by atoms with Gasteiger partial charge in [0, 0.05) is 18.1 Å². The molecule has 8 heteroatoms. The van der Waals surface area contributed by atoms with Gasteiger partial charge in [0.2, 0.25) is 0 Å². The fourth-order valence-electron chi connectivity index (χ4n) is 3.04. The Morgan fingerprint density at radius 2 is 1.86 bits per heavy atom. The molecule has 0 radical (unpaired) electrons. The zero-order valence-corrected chi connectivity index (χ0v) is 18.0. The molecule has 4 aromatic rings. The molecule has 0 aliphatic rings. The van der Waals surface area contributed by atoms with Gasteiger partial charge in [-0.2, -0.15) is 0 Å². The maximum absolute atomic E-state index is 13.4. The van der Waals surface area contributed by atoms with Crippen molar-refractivity contribution in [3.05, 3.63) is 58.9 Å². The third kappa shape index (κ3) is 4.07. The molecule has 0 fully saturated rings. The summed E-state index contributed by atoms with van der Waals surface area (Å²) in [4.78, 5) is 30.7. The molecule has 2 aromatic heterocycles. The van der Waals surface area contributed by atoms with E-state index in [4.69, 9.17) is 16.6 Å². The molecule has 0 bridgehead atoms. The summed E-state index contributed by atoms with van der Waals surface area (Å²) in [6, 6.07) is 11.3. The highest BCUT2D eigenvalue weighted by atomic mass is 35.5. The van der Waals surface area contributed by atoms with Crippen molar-refractivity contribution in [3.8, 4) is 0 Å². The molecule has 4 rings (SSSR count). The summed E-state index contributed by atoms with van der Waals surface area (Å²) in [6.07, 6.45) is 1.53. The van der Waals surface area contributed by atoms with Crippen molar-refractivity contribution in [2.24, 2.45) is 0 Å². The lowest BCUT2D eigenvalue weighted by molar-refractivity contribution is 0.0980. The minimum Gasteiger partial charge on any atom is -0.308 e. The Morgan fingerprint density at radius 1 is 1.10 bits per heavy atom. The van der Waals surface area contributed by atoms with Gasteiger partial charge >= 0.3 is 0 Å². The van der Waals surface area contributed by atoms with Crippen molar-refractivity contribution in [1.82, 2.24) is 19.9 Å². The number of carbonyl (C=O) groups excluding carboxylic acids is 1. The maximum Gasteiger partial charge on any atom is 0.280 e. The Bertz CT molecular complexity index is 1210. The van der Waals surface area contributed by atoms with E-state index in [1.54, 1.807) is 4.90 Å². The first kappa shape index (κ1) is 19.7. The predicted octanol–water partition coefficient (Wildman–Crippen LogP) is 4.41. The van der Waals surface area contributed by atoms with E-state index in [9.17, 15) is 4.79 Å². The number of benzene rings is 2. The number of nitrogens with zero attached hydrogens (tertiary/aromatic N) is 5. The average molecular weight is 426 g/mol. The second-order valence-electron chi connectivity index (χ2n) is 7.07. The van der Waals surface area contributed by atoms with Crippen LogP contribution in [0.25, 0.3) is 21.3 Å². The summed E-state index contributed by atoms with van der Waals surface area (Å²) in [5, 5.41) is 1.30. The summed E-state index contributed by atoms with van der Waals surface area (Å²) in [7, 11) is 3.95. The van der Waals surface area contributed by atoms with Gasteiger partial charge in [0.15, 0.2) is 5.13 Å². The quantitative estimate of drug-likeness (QED) is 0.474. The molecule has 0 saturated carbocycles. The van der Waals surface area contributed by atoms with Gasteiger partial charge in [-0.1, -0.05) is 35.1 Å². The monoisotopic (exact) mass is 425 g/mol. The van der Waals surface area contributed by atoms with Crippen LogP contribution in [0.5, 0.6) is 0 Å². The number of aromatic nitrogens is 3. The van der Waals surface area contributed by atoms with Gasteiger partial charge in [-0.25, -0.2) is 9.97 Å². The number of anilines is 1. The molecule has 2 heterocycles. The second-order valence-corrected chi connectivity index (χ2v) is 8.52. The molecular weight excluding hydrogens is 406 g/mol. The van der Waals surface area contributed by atoms with E-state index in [2.05, 4.69) is 9.97 Å². The number of carbonyl (C=O) groups is 1. The van der Waals surface area contributed by atoms with Crippen molar-refractivity contribution in [1.29, 1.82) is 0 Å². The van der Waals surface area contributed by atoms with E-state index in [1.807, 2.05) is 62.3 Å². The third-order valence-electron chi connectivity index (χ3n) is 4.55. The Labute approximate surface area is 177 Å². The van der Waals surface area contributed by atoms with Crippen LogP contribution in [0.2, 0.25) is 5.02 Å². The predicted molar refractivity (Wildman–Crippen MR) is 119 cm³/mol. The van der Waals surface area contributed by atoms with E-state index in [1.165, 1.54) is 17.5 Å². The normalized spacial score (nSPS) is 11.5. The molecular formula is C21H20ClN5OS. The van der Waals surface area contributed by atoms with Gasteiger partial charge in [-0.15, -0.1) is 0 Å². The molecule has 6 nitrogen and oxygen atoms in total. The van der Waals surface area contributed by atoms with Crippen LogP contribution < -0.4 is 4.90 Å². The van der Waals surface area contributed by atoms with Crippen molar-refractivity contribution in [3.63, 3.8) is 0 Å². The first-order valence-corrected chi connectivity index (χ1v) is 10.4. The SMILES string of the molecule is Cc1cc(Cl)cc2sc(N(CCN(C)C)C(=O)c3cnc4ccccc4n3)nc12. The summed E-state index contributed by atoms with van der Waals surface area (Å²) in [5.74, 6) is -0.215. The standard InChI is InChI=1S/C21H20ClN5OS/c1-13-10-14(22)11-18-19(13)25-21(29-18)27(9-8-26(2)3)20(28)17-12-23-15-6-4-5-7-16(15)24-17/h4-7,10-12H,8-9H2,1-3H3. The molecule has 0 aliphatic heterocycles. The molecule has 29 heavy (non-hydrogen) atoms. The lowest BCUT2D eigenvalue weighted by Crippen LogP contribution is -2.37. The second kappa shape index (κ2) is 8.02. The Morgan fingerprint density at radius 3 is 2.62 bits per heavy atom. The highest BCUT2D eigenvalue weighted by Gasteiger charge is 2.23. The first-order chi connectivity index (χ1) is 13.9. The summed E-state index contributed by atoms with van der Waals surface area (Å²) in [5.41, 5.74) is 3.60. The molecule has 1 amide bonds. The topological polar surface area (TPSA) is 62.2 Å². The minimum atomic E-state index is -0.215. The number of hydrogen-bond donors (Lipinski definition) is 0. The van der Waals surface area contributed by atoms with Crippen molar-refractivity contribution in [2.45, 2.75) is 6.92 Å². The number of thiazole rings is 1. The maximum atomic E-state index is 13.4. The Hall–Kier alpha value is -2.61. The number of amides is 1. The summed E-state index contributed by atoms with van der Waals surface area (Å²) >= 11 is 7.66. The van der Waals surface area contributed by atoms with Crippen molar-refractivity contribution < 1.29 is 4.79 Å². The molecule has 0 atom stereocenters. The highest BCUT2D eigenvalue weighted by Crippen LogP contribution is 2.33. The van der Waals surface area contributed by atoms with E-state index in [0.29, 0.717) is 34.5 Å². The number of halogens is 1. The summed E-state index contributed by atoms with van der Waals surface area (Å²) in [6.45, 7) is 3.16. The molecule has 2 aromatic carbocycles. The van der Waals surface area contributed by atoms with Crippen LogP contribution in [-0.2, 0) is 0 Å². The van der Waals surface area contributed by atoms with E-state index in [0.717, 1.165) is 21.3 Å². The average Bonchev–Trinajstić information content (AvgIpc) is 3.11. The smallest absolute Gasteiger partial charge is 0.280 e. The van der Waals surface area contributed by atoms with Gasteiger partial charge in [0.1, 0.15) is 5.69 Å². The first-order valence-electron chi connectivity index (χ1n) is 9.17. The lowest BCUT2D eigenvalue weighted by atomic mass is 10.2. The molecule has 0 saturated heterocycles. The third-order valence-corrected chi connectivity index (χ3v) is 5.80. The molecule has 0 aliphatic carbocycles. The molecule has 0 unspecified atom stereocenters. The molecule has 148 valence electrons. The summed E-state index contributed by atoms with van der Waals surface area (Å²) < 4.78 is 0.956. The van der Waals surface area contributed by atoms with Gasteiger partial charge < -0.3 is 4.90 Å². The number of rotatable bonds is 5. The highest BCUT2D eigenvalue weighted by molar-refractivity contribution is 7.22. The van der Waals surface area contributed by atoms with Crippen LogP contribution in [0, 0.1) is 6.92 Å². The zero-order valence-electron chi connectivity index (χ0n) is 16.4. The molecule has 0 spiro atoms. The van der Waals surface area contributed by atoms with E-state index < -0.39 is 0 Å². The fraction of sp³-hybridized carbons (Fsp3) is 0.238. The van der Waals surface area contributed by atoms with Gasteiger partial charge in [-0.05, 0) is 50.8 Å². The van der Waals surface area contributed by atoms with Gasteiger partial charge in [0.05, 0.1) is 27.4 Å². The van der Waals surface area contributed by atoms with Crippen LogP contribution in [0.4, 0.5) is 5.13 Å². The molecule has 0 N–H and O–H groups in total. The van der Waals surface area contributed by atoms with Gasteiger partial charge in [0.25, 0.3) is 5.91 Å². The Balaban J connectivity index is 1.76. The number of likely N-dealkylation sites (N-methyl/N-ethyl adjacent to an activating group) is 1. The van der Waals surface area contributed by atoms with Crippen molar-refractivity contribution in [2.75, 3.05) is 32.1 Å². The minimum absolute atomic E-state index is 0.215. The van der Waals surface area contributed by atoms with E-state index >= 15 is 0 Å².